The van der Waals surface area contributed by atoms with E-state index in [2.05, 4.69) is 15.9 Å². The molecule has 0 saturated heterocycles. The van der Waals surface area contributed by atoms with E-state index >= 15 is 0 Å². The first-order chi connectivity index (χ1) is 9.97. The van der Waals surface area contributed by atoms with Crippen LogP contribution in [0.2, 0.25) is 0 Å². The Bertz CT molecular complexity index is 702. The first-order valence-electron chi connectivity index (χ1n) is 5.89. The minimum atomic E-state index is -0.770. The number of hydrogen-bond donors (Lipinski definition) is 0. The van der Waals surface area contributed by atoms with Gasteiger partial charge in [-0.05, 0) is 24.3 Å². The summed E-state index contributed by atoms with van der Waals surface area (Å²) in [6, 6.07) is 5.92. The summed E-state index contributed by atoms with van der Waals surface area (Å²) in [5, 5.41) is 0. The van der Waals surface area contributed by atoms with Crippen molar-refractivity contribution in [3.05, 3.63) is 57.6 Å². The average molecular weight is 357 g/mol. The number of ether oxygens (including phenoxy) is 2. The molecule has 0 aliphatic heterocycles. The summed E-state index contributed by atoms with van der Waals surface area (Å²) in [4.78, 5) is 12.4. The summed E-state index contributed by atoms with van der Waals surface area (Å²) in [5.41, 5.74) is -0.194. The monoisotopic (exact) mass is 356 g/mol. The van der Waals surface area contributed by atoms with Gasteiger partial charge in [0.15, 0.2) is 17.3 Å². The Balaban J connectivity index is 2.55. The number of benzene rings is 2. The topological polar surface area (TPSA) is 35.5 Å². The maximum Gasteiger partial charge on any atom is 0.197 e. The second kappa shape index (κ2) is 6.22. The van der Waals surface area contributed by atoms with E-state index in [4.69, 9.17) is 9.47 Å². The molecule has 0 unspecified atom stereocenters. The minimum absolute atomic E-state index is 0.0288. The highest BCUT2D eigenvalue weighted by Gasteiger charge is 2.20. The molecule has 2 aromatic rings. The van der Waals surface area contributed by atoms with Crippen LogP contribution in [0.5, 0.6) is 11.5 Å². The molecule has 110 valence electrons. The average Bonchev–Trinajstić information content (AvgIpc) is 2.48. The van der Waals surface area contributed by atoms with Crippen LogP contribution in [0.15, 0.2) is 34.8 Å². The maximum atomic E-state index is 14.1. The second-order valence-electron chi connectivity index (χ2n) is 4.14. The fourth-order valence-corrected chi connectivity index (χ4v) is 2.27. The van der Waals surface area contributed by atoms with Crippen molar-refractivity contribution in [2.45, 2.75) is 0 Å². The molecule has 0 aromatic heterocycles. The van der Waals surface area contributed by atoms with Crippen molar-refractivity contribution in [1.29, 1.82) is 0 Å². The molecular formula is C15H11BrF2O3. The van der Waals surface area contributed by atoms with E-state index in [-0.39, 0.29) is 22.6 Å². The molecule has 0 heterocycles. The lowest BCUT2D eigenvalue weighted by atomic mass is 10.0. The molecule has 6 heteroatoms. The molecular weight excluding hydrogens is 346 g/mol. The van der Waals surface area contributed by atoms with E-state index in [0.717, 1.165) is 12.1 Å². The van der Waals surface area contributed by atoms with Crippen LogP contribution in [-0.2, 0) is 0 Å². The van der Waals surface area contributed by atoms with Gasteiger partial charge in [-0.25, -0.2) is 8.78 Å². The molecule has 3 nitrogen and oxygen atoms in total. The van der Waals surface area contributed by atoms with Crippen LogP contribution in [-0.4, -0.2) is 20.0 Å². The quantitative estimate of drug-likeness (QED) is 0.777. The van der Waals surface area contributed by atoms with Gasteiger partial charge in [-0.1, -0.05) is 15.9 Å². The highest BCUT2D eigenvalue weighted by atomic mass is 79.9. The molecule has 0 atom stereocenters. The summed E-state index contributed by atoms with van der Waals surface area (Å²) < 4.78 is 37.7. The lowest BCUT2D eigenvalue weighted by Crippen LogP contribution is -2.07. The Morgan fingerprint density at radius 2 is 1.62 bits per heavy atom. The van der Waals surface area contributed by atoms with Crippen LogP contribution in [0, 0.1) is 11.6 Å². The minimum Gasteiger partial charge on any atom is -0.493 e. The SMILES string of the molecule is COc1cc(F)c(C(=O)c2cc(F)ccc2Br)cc1OC. The van der Waals surface area contributed by atoms with Crippen molar-refractivity contribution in [1.82, 2.24) is 0 Å². The Morgan fingerprint density at radius 1 is 1.00 bits per heavy atom. The molecule has 21 heavy (non-hydrogen) atoms. The molecule has 0 aliphatic carbocycles. The molecule has 0 radical (unpaired) electrons. The standard InChI is InChI=1S/C15H11BrF2O3/c1-20-13-6-10(12(18)7-14(13)21-2)15(19)9-5-8(17)3-4-11(9)16/h3-7H,1-2H3. The van der Waals surface area contributed by atoms with Gasteiger partial charge >= 0.3 is 0 Å². The molecule has 0 amide bonds. The van der Waals surface area contributed by atoms with Crippen molar-refractivity contribution in [3.63, 3.8) is 0 Å². The number of hydrogen-bond acceptors (Lipinski definition) is 3. The van der Waals surface area contributed by atoms with Crippen molar-refractivity contribution in [2.75, 3.05) is 14.2 Å². The Labute approximate surface area is 128 Å². The lowest BCUT2D eigenvalue weighted by molar-refractivity contribution is 0.103. The van der Waals surface area contributed by atoms with Gasteiger partial charge in [-0.3, -0.25) is 4.79 Å². The number of ketones is 1. The Hall–Kier alpha value is -1.95. The third-order valence-electron chi connectivity index (χ3n) is 2.89. The van der Waals surface area contributed by atoms with Gasteiger partial charge in [0.25, 0.3) is 0 Å². The van der Waals surface area contributed by atoms with E-state index in [1.165, 1.54) is 32.4 Å². The van der Waals surface area contributed by atoms with Gasteiger partial charge in [0.2, 0.25) is 0 Å². The maximum absolute atomic E-state index is 14.1. The van der Waals surface area contributed by atoms with Crippen molar-refractivity contribution in [3.8, 4) is 11.5 Å². The fourth-order valence-electron chi connectivity index (χ4n) is 1.84. The summed E-state index contributed by atoms with van der Waals surface area (Å²) >= 11 is 3.15. The van der Waals surface area contributed by atoms with Gasteiger partial charge in [-0.2, -0.15) is 0 Å². The zero-order valence-corrected chi connectivity index (χ0v) is 12.8. The number of halogens is 3. The van der Waals surface area contributed by atoms with Crippen LogP contribution in [0.1, 0.15) is 15.9 Å². The zero-order chi connectivity index (χ0) is 15.6. The van der Waals surface area contributed by atoms with Gasteiger partial charge in [0, 0.05) is 16.1 Å². The van der Waals surface area contributed by atoms with E-state index in [1.807, 2.05) is 0 Å². The summed E-state index contributed by atoms with van der Waals surface area (Å²) in [7, 11) is 2.74. The van der Waals surface area contributed by atoms with E-state index in [9.17, 15) is 13.6 Å². The molecule has 0 bridgehead atoms. The molecule has 0 saturated carbocycles. The van der Waals surface area contributed by atoms with Gasteiger partial charge < -0.3 is 9.47 Å². The van der Waals surface area contributed by atoms with Gasteiger partial charge in [-0.15, -0.1) is 0 Å². The Kier molecular flexibility index (Phi) is 4.57. The van der Waals surface area contributed by atoms with E-state index in [0.29, 0.717) is 4.47 Å². The van der Waals surface area contributed by atoms with Crippen LogP contribution < -0.4 is 9.47 Å². The predicted molar refractivity (Wildman–Crippen MR) is 77.0 cm³/mol. The van der Waals surface area contributed by atoms with Crippen LogP contribution in [0.25, 0.3) is 0 Å². The van der Waals surface area contributed by atoms with E-state index < -0.39 is 17.4 Å². The molecule has 0 N–H and O–H groups in total. The first-order valence-corrected chi connectivity index (χ1v) is 6.68. The van der Waals surface area contributed by atoms with Crippen molar-refractivity contribution in [2.24, 2.45) is 0 Å². The summed E-state index contributed by atoms with van der Waals surface area (Å²) in [5.74, 6) is -1.62. The van der Waals surface area contributed by atoms with Crippen LogP contribution >= 0.6 is 15.9 Å². The highest BCUT2D eigenvalue weighted by Crippen LogP contribution is 2.32. The predicted octanol–water partition coefficient (Wildman–Crippen LogP) is 3.98. The molecule has 2 rings (SSSR count). The number of carbonyl (C=O) groups is 1. The normalized spacial score (nSPS) is 10.3. The van der Waals surface area contributed by atoms with E-state index in [1.54, 1.807) is 0 Å². The zero-order valence-electron chi connectivity index (χ0n) is 11.2. The van der Waals surface area contributed by atoms with Crippen molar-refractivity contribution >= 4 is 21.7 Å². The molecule has 0 fully saturated rings. The van der Waals surface area contributed by atoms with Gasteiger partial charge in [0.1, 0.15) is 11.6 Å². The Morgan fingerprint density at radius 3 is 2.24 bits per heavy atom. The fraction of sp³-hybridized carbons (Fsp3) is 0.133. The third kappa shape index (κ3) is 3.05. The third-order valence-corrected chi connectivity index (χ3v) is 3.58. The van der Waals surface area contributed by atoms with Gasteiger partial charge in [0.05, 0.1) is 19.8 Å². The molecule has 2 aromatic carbocycles. The summed E-state index contributed by atoms with van der Waals surface area (Å²) in [6.45, 7) is 0. The first kappa shape index (κ1) is 15.4. The van der Waals surface area contributed by atoms with Crippen molar-refractivity contribution < 1.29 is 23.0 Å². The number of carbonyl (C=O) groups excluding carboxylic acids is 1. The number of methoxy groups -OCH3 is 2. The van der Waals surface area contributed by atoms with Crippen LogP contribution in [0.4, 0.5) is 8.78 Å². The van der Waals surface area contributed by atoms with Crippen LogP contribution in [0.3, 0.4) is 0 Å². The summed E-state index contributed by atoms with van der Waals surface area (Å²) in [6.07, 6.45) is 0. The number of rotatable bonds is 4. The largest absolute Gasteiger partial charge is 0.493 e. The second-order valence-corrected chi connectivity index (χ2v) is 4.99. The highest BCUT2D eigenvalue weighted by molar-refractivity contribution is 9.10. The lowest BCUT2D eigenvalue weighted by Gasteiger charge is -2.11. The smallest absolute Gasteiger partial charge is 0.197 e. The molecule has 0 aliphatic rings. The molecule has 0 spiro atoms.